The van der Waals surface area contributed by atoms with E-state index in [0.29, 0.717) is 25.7 Å². The van der Waals surface area contributed by atoms with Gasteiger partial charge in [0.25, 0.3) is 0 Å². The van der Waals surface area contributed by atoms with Crippen LogP contribution in [0.1, 0.15) is 36.5 Å². The molecule has 0 aromatic heterocycles. The lowest BCUT2D eigenvalue weighted by Gasteiger charge is -2.38. The first-order chi connectivity index (χ1) is 11.9. The molecule has 0 fully saturated rings. The van der Waals surface area contributed by atoms with Gasteiger partial charge in [-0.1, -0.05) is 58.2 Å². The molecule has 1 aliphatic carbocycles. The molecule has 0 saturated heterocycles. The van der Waals surface area contributed by atoms with Gasteiger partial charge in [0.1, 0.15) is 5.60 Å². The molecule has 0 heterocycles. The molecule has 2 nitrogen and oxygen atoms in total. The number of hydrogen-bond acceptors (Lipinski definition) is 2. The Balaban J connectivity index is 2.16. The summed E-state index contributed by atoms with van der Waals surface area (Å²) in [6.45, 7) is 1.84. The van der Waals surface area contributed by atoms with Crippen molar-refractivity contribution in [2.75, 3.05) is 0 Å². The summed E-state index contributed by atoms with van der Waals surface area (Å²) in [4.78, 5) is 0. The van der Waals surface area contributed by atoms with Crippen molar-refractivity contribution in [2.45, 2.75) is 49.7 Å². The number of aliphatic hydroxyl groups is 2. The van der Waals surface area contributed by atoms with Crippen molar-refractivity contribution in [2.24, 2.45) is 0 Å². The van der Waals surface area contributed by atoms with E-state index >= 15 is 0 Å². The maximum Gasteiger partial charge on any atom is 0.129 e. The zero-order chi connectivity index (χ0) is 18.1. The standard InChI is InChI=1S/C22H23BrO2/c1-3-21(25)11-12-22(16(2)24,14-17-7-5-4-6-8-17)20-10-9-19(23)13-18(20)15-21/h1,4-10,13,16,24-25H,11-12,14-15H2,2H3/t16?,21-,22+/m1/s1. The van der Waals surface area contributed by atoms with E-state index in [1.807, 2.05) is 37.3 Å². The summed E-state index contributed by atoms with van der Waals surface area (Å²) in [5, 5.41) is 21.7. The Morgan fingerprint density at radius 3 is 2.56 bits per heavy atom. The molecular formula is C22H23BrO2. The monoisotopic (exact) mass is 398 g/mol. The number of halogens is 1. The number of fused-ring (bicyclic) bond motifs is 1. The van der Waals surface area contributed by atoms with Crippen molar-refractivity contribution >= 4 is 15.9 Å². The molecule has 0 bridgehead atoms. The lowest BCUT2D eigenvalue weighted by Crippen LogP contribution is -2.41. The fourth-order valence-corrected chi connectivity index (χ4v) is 4.42. The van der Waals surface area contributed by atoms with Gasteiger partial charge in [0, 0.05) is 16.3 Å². The van der Waals surface area contributed by atoms with Crippen LogP contribution < -0.4 is 0 Å². The smallest absolute Gasteiger partial charge is 0.129 e. The molecule has 3 atom stereocenters. The summed E-state index contributed by atoms with van der Waals surface area (Å²) in [7, 11) is 0. The Hall–Kier alpha value is -1.60. The lowest BCUT2D eigenvalue weighted by atomic mass is 9.68. The molecule has 25 heavy (non-hydrogen) atoms. The summed E-state index contributed by atoms with van der Waals surface area (Å²) < 4.78 is 0.951. The topological polar surface area (TPSA) is 40.5 Å². The van der Waals surface area contributed by atoms with Gasteiger partial charge in [-0.15, -0.1) is 6.42 Å². The third-order valence-electron chi connectivity index (χ3n) is 5.50. The normalized spacial score (nSPS) is 27.0. The summed E-state index contributed by atoms with van der Waals surface area (Å²) in [6.07, 6.45) is 7.30. The molecule has 1 aliphatic rings. The van der Waals surface area contributed by atoms with Crippen LogP contribution in [0.15, 0.2) is 53.0 Å². The van der Waals surface area contributed by atoms with Crippen LogP contribution >= 0.6 is 15.9 Å². The van der Waals surface area contributed by atoms with Gasteiger partial charge in [-0.2, -0.15) is 0 Å². The second-order valence-electron chi connectivity index (χ2n) is 7.15. The van der Waals surface area contributed by atoms with Crippen molar-refractivity contribution < 1.29 is 10.2 Å². The molecule has 3 rings (SSSR count). The maximum atomic E-state index is 10.8. The minimum Gasteiger partial charge on any atom is -0.392 e. The van der Waals surface area contributed by atoms with Crippen molar-refractivity contribution in [3.8, 4) is 12.3 Å². The lowest BCUT2D eigenvalue weighted by molar-refractivity contribution is 0.0570. The van der Waals surface area contributed by atoms with Gasteiger partial charge in [0.05, 0.1) is 6.10 Å². The zero-order valence-corrected chi connectivity index (χ0v) is 16.0. The predicted octanol–water partition coefficient (Wildman–Crippen LogP) is 4.01. The molecular weight excluding hydrogens is 376 g/mol. The van der Waals surface area contributed by atoms with E-state index in [2.05, 4.69) is 40.0 Å². The van der Waals surface area contributed by atoms with Crippen molar-refractivity contribution in [1.82, 2.24) is 0 Å². The summed E-state index contributed by atoms with van der Waals surface area (Å²) in [5.74, 6) is 2.58. The van der Waals surface area contributed by atoms with Crippen LogP contribution in [0.3, 0.4) is 0 Å². The molecule has 0 radical (unpaired) electrons. The summed E-state index contributed by atoms with van der Waals surface area (Å²) in [5.41, 5.74) is 1.61. The summed E-state index contributed by atoms with van der Waals surface area (Å²) in [6, 6.07) is 16.3. The zero-order valence-electron chi connectivity index (χ0n) is 14.4. The number of benzene rings is 2. The highest BCUT2D eigenvalue weighted by atomic mass is 79.9. The van der Waals surface area contributed by atoms with Crippen LogP contribution in [-0.2, 0) is 18.3 Å². The van der Waals surface area contributed by atoms with Crippen LogP contribution in [0.4, 0.5) is 0 Å². The number of aliphatic hydroxyl groups excluding tert-OH is 1. The van der Waals surface area contributed by atoms with Crippen LogP contribution in [0, 0.1) is 12.3 Å². The fraction of sp³-hybridized carbons (Fsp3) is 0.364. The minimum absolute atomic E-state index is 0.404. The highest BCUT2D eigenvalue weighted by molar-refractivity contribution is 9.10. The number of rotatable bonds is 3. The molecule has 2 N–H and O–H groups in total. The highest BCUT2D eigenvalue weighted by Crippen LogP contribution is 2.44. The van der Waals surface area contributed by atoms with E-state index in [4.69, 9.17) is 6.42 Å². The third-order valence-corrected chi connectivity index (χ3v) is 6.00. The second-order valence-corrected chi connectivity index (χ2v) is 8.06. The van der Waals surface area contributed by atoms with E-state index in [-0.39, 0.29) is 0 Å². The number of hydrogen-bond donors (Lipinski definition) is 2. The molecule has 0 aliphatic heterocycles. The third kappa shape index (κ3) is 3.53. The van der Waals surface area contributed by atoms with Crippen LogP contribution in [-0.4, -0.2) is 21.9 Å². The first-order valence-corrected chi connectivity index (χ1v) is 9.39. The van der Waals surface area contributed by atoms with Crippen LogP contribution in [0.5, 0.6) is 0 Å². The Kier molecular flexibility index (Phi) is 5.06. The molecule has 2 aromatic carbocycles. The SMILES string of the molecule is C#C[C@@]1(O)CC[C@](Cc2ccccc2)(C(C)O)c2ccc(Br)cc2C1. The Bertz CT molecular complexity index is 793. The van der Waals surface area contributed by atoms with E-state index in [0.717, 1.165) is 15.6 Å². The molecule has 0 amide bonds. The minimum atomic E-state index is -1.18. The largest absolute Gasteiger partial charge is 0.392 e. The molecule has 0 spiro atoms. The van der Waals surface area contributed by atoms with Crippen molar-refractivity contribution in [3.63, 3.8) is 0 Å². The number of terminal acetylenes is 1. The summed E-state index contributed by atoms with van der Waals surface area (Å²) >= 11 is 3.52. The molecule has 2 aromatic rings. The predicted molar refractivity (Wildman–Crippen MR) is 104 cm³/mol. The van der Waals surface area contributed by atoms with Gasteiger partial charge in [-0.3, -0.25) is 0 Å². The van der Waals surface area contributed by atoms with Gasteiger partial charge in [0.2, 0.25) is 0 Å². The van der Waals surface area contributed by atoms with Gasteiger partial charge in [-0.25, -0.2) is 0 Å². The van der Waals surface area contributed by atoms with Gasteiger partial charge < -0.3 is 10.2 Å². The van der Waals surface area contributed by atoms with E-state index in [1.54, 1.807) is 0 Å². The van der Waals surface area contributed by atoms with E-state index in [9.17, 15) is 10.2 Å². The molecule has 130 valence electrons. The average molecular weight is 399 g/mol. The second kappa shape index (κ2) is 6.96. The van der Waals surface area contributed by atoms with Gasteiger partial charge in [0.15, 0.2) is 0 Å². The molecule has 0 saturated carbocycles. The Labute approximate surface area is 158 Å². The van der Waals surface area contributed by atoms with E-state index < -0.39 is 17.1 Å². The molecule has 1 unspecified atom stereocenters. The fourth-order valence-electron chi connectivity index (χ4n) is 4.01. The first-order valence-electron chi connectivity index (χ1n) is 8.60. The Morgan fingerprint density at radius 1 is 1.20 bits per heavy atom. The van der Waals surface area contributed by atoms with Crippen molar-refractivity contribution in [3.05, 3.63) is 69.7 Å². The molecule has 3 heteroatoms. The van der Waals surface area contributed by atoms with Crippen LogP contribution in [0.2, 0.25) is 0 Å². The average Bonchev–Trinajstić information content (AvgIpc) is 2.71. The van der Waals surface area contributed by atoms with Gasteiger partial charge >= 0.3 is 0 Å². The van der Waals surface area contributed by atoms with Crippen molar-refractivity contribution in [1.29, 1.82) is 0 Å². The quantitative estimate of drug-likeness (QED) is 0.605. The highest BCUT2D eigenvalue weighted by Gasteiger charge is 2.44. The Morgan fingerprint density at radius 2 is 1.92 bits per heavy atom. The van der Waals surface area contributed by atoms with Crippen LogP contribution in [0.25, 0.3) is 0 Å². The maximum absolute atomic E-state index is 10.8. The van der Waals surface area contributed by atoms with E-state index in [1.165, 1.54) is 5.56 Å². The van der Waals surface area contributed by atoms with Gasteiger partial charge in [-0.05, 0) is 55.0 Å². The first kappa shape index (κ1) is 18.2.